The molecule has 0 bridgehead atoms. The van der Waals surface area contributed by atoms with Gasteiger partial charge in [-0.3, -0.25) is 29.4 Å². The SMILES string of the molecule is CNCC(F)(F)CNCc1cccc2c1C(=O)N(C1CCC(=O)NC1=O)C2=O. The van der Waals surface area contributed by atoms with Crippen LogP contribution in [0.25, 0.3) is 0 Å². The Morgan fingerprint density at radius 1 is 1.18 bits per heavy atom. The lowest BCUT2D eigenvalue weighted by Crippen LogP contribution is -2.54. The van der Waals surface area contributed by atoms with Crippen LogP contribution in [0.1, 0.15) is 39.1 Å². The fourth-order valence-corrected chi connectivity index (χ4v) is 3.43. The normalized spacial score (nSPS) is 19.8. The van der Waals surface area contributed by atoms with E-state index in [0.717, 1.165) is 4.90 Å². The molecule has 2 aliphatic heterocycles. The molecule has 0 aromatic heterocycles. The highest BCUT2D eigenvalue weighted by atomic mass is 19.3. The first-order chi connectivity index (χ1) is 13.2. The Morgan fingerprint density at radius 2 is 1.93 bits per heavy atom. The van der Waals surface area contributed by atoms with Crippen molar-refractivity contribution in [3.63, 3.8) is 0 Å². The first-order valence-corrected chi connectivity index (χ1v) is 8.82. The summed E-state index contributed by atoms with van der Waals surface area (Å²) >= 11 is 0. The van der Waals surface area contributed by atoms with Crippen molar-refractivity contribution in [2.24, 2.45) is 0 Å². The molecule has 1 fully saturated rings. The molecule has 10 heteroatoms. The second-order valence-electron chi connectivity index (χ2n) is 6.78. The third kappa shape index (κ3) is 3.78. The minimum Gasteiger partial charge on any atom is -0.314 e. The number of carbonyl (C=O) groups is 4. The van der Waals surface area contributed by atoms with Crippen LogP contribution in [0.4, 0.5) is 8.78 Å². The number of hydrogen-bond donors (Lipinski definition) is 3. The molecule has 150 valence electrons. The van der Waals surface area contributed by atoms with Gasteiger partial charge < -0.3 is 10.6 Å². The predicted molar refractivity (Wildman–Crippen MR) is 93.7 cm³/mol. The largest absolute Gasteiger partial charge is 0.314 e. The molecular weight excluding hydrogens is 374 g/mol. The summed E-state index contributed by atoms with van der Waals surface area (Å²) in [5.41, 5.74) is 0.614. The number of halogens is 2. The molecular formula is C18H20F2N4O4. The van der Waals surface area contributed by atoms with Gasteiger partial charge >= 0.3 is 0 Å². The van der Waals surface area contributed by atoms with Gasteiger partial charge in [-0.25, -0.2) is 8.78 Å². The minimum atomic E-state index is -2.97. The number of nitrogens with zero attached hydrogens (tertiary/aromatic N) is 1. The van der Waals surface area contributed by atoms with E-state index in [9.17, 15) is 28.0 Å². The molecule has 1 atom stereocenters. The zero-order chi connectivity index (χ0) is 20.5. The number of amides is 4. The van der Waals surface area contributed by atoms with Crippen LogP contribution in [0.5, 0.6) is 0 Å². The Labute approximate surface area is 159 Å². The number of fused-ring (bicyclic) bond motifs is 1. The van der Waals surface area contributed by atoms with E-state index in [1.54, 1.807) is 12.1 Å². The maximum absolute atomic E-state index is 13.6. The summed E-state index contributed by atoms with van der Waals surface area (Å²) in [6, 6.07) is 3.52. The molecule has 0 aliphatic carbocycles. The van der Waals surface area contributed by atoms with Crippen LogP contribution in [-0.2, 0) is 16.1 Å². The molecule has 3 N–H and O–H groups in total. The van der Waals surface area contributed by atoms with E-state index in [1.807, 2.05) is 0 Å². The summed E-state index contributed by atoms with van der Waals surface area (Å²) in [7, 11) is 1.42. The number of hydrogen-bond acceptors (Lipinski definition) is 6. The van der Waals surface area contributed by atoms with Crippen LogP contribution in [-0.4, -0.2) is 60.6 Å². The number of rotatable bonds is 7. The van der Waals surface area contributed by atoms with Crippen LogP contribution in [0.15, 0.2) is 18.2 Å². The number of imide groups is 2. The molecule has 1 saturated heterocycles. The Kier molecular flexibility index (Phi) is 5.52. The number of carbonyl (C=O) groups excluding carboxylic acids is 4. The lowest BCUT2D eigenvalue weighted by Gasteiger charge is -2.27. The number of alkyl halides is 2. The van der Waals surface area contributed by atoms with Crippen LogP contribution in [0, 0.1) is 0 Å². The van der Waals surface area contributed by atoms with E-state index in [2.05, 4.69) is 16.0 Å². The third-order valence-electron chi connectivity index (χ3n) is 4.69. The summed E-state index contributed by atoms with van der Waals surface area (Å²) in [5, 5.41) is 7.13. The number of piperidine rings is 1. The topological polar surface area (TPSA) is 108 Å². The number of benzene rings is 1. The molecule has 3 rings (SSSR count). The fourth-order valence-electron chi connectivity index (χ4n) is 3.43. The molecule has 2 aliphatic rings. The molecule has 0 radical (unpaired) electrons. The highest BCUT2D eigenvalue weighted by Gasteiger charge is 2.45. The molecule has 4 amide bonds. The van der Waals surface area contributed by atoms with Crippen molar-refractivity contribution in [2.45, 2.75) is 31.4 Å². The van der Waals surface area contributed by atoms with Crippen molar-refractivity contribution >= 4 is 23.6 Å². The molecule has 28 heavy (non-hydrogen) atoms. The maximum atomic E-state index is 13.6. The highest BCUT2D eigenvalue weighted by molar-refractivity contribution is 6.24. The van der Waals surface area contributed by atoms with Gasteiger partial charge in [0.1, 0.15) is 6.04 Å². The Balaban J connectivity index is 1.78. The van der Waals surface area contributed by atoms with Crippen molar-refractivity contribution in [3.8, 4) is 0 Å². The van der Waals surface area contributed by atoms with Crippen molar-refractivity contribution in [3.05, 3.63) is 34.9 Å². The fraction of sp³-hybridized carbons (Fsp3) is 0.444. The van der Waals surface area contributed by atoms with Crippen molar-refractivity contribution in [2.75, 3.05) is 20.1 Å². The van der Waals surface area contributed by atoms with E-state index in [4.69, 9.17) is 0 Å². The molecule has 1 aromatic carbocycles. The number of nitrogens with one attached hydrogen (secondary N) is 3. The smallest absolute Gasteiger partial charge is 0.272 e. The maximum Gasteiger partial charge on any atom is 0.272 e. The van der Waals surface area contributed by atoms with Gasteiger partial charge in [-0.2, -0.15) is 0 Å². The van der Waals surface area contributed by atoms with Gasteiger partial charge in [-0.05, 0) is 25.1 Å². The zero-order valence-corrected chi connectivity index (χ0v) is 15.2. The molecule has 0 saturated carbocycles. The van der Waals surface area contributed by atoms with Gasteiger partial charge in [0.15, 0.2) is 0 Å². The first-order valence-electron chi connectivity index (χ1n) is 8.82. The van der Waals surface area contributed by atoms with E-state index in [0.29, 0.717) is 5.56 Å². The van der Waals surface area contributed by atoms with Gasteiger partial charge in [-0.15, -0.1) is 0 Å². The average molecular weight is 394 g/mol. The zero-order valence-electron chi connectivity index (χ0n) is 15.2. The molecule has 1 aromatic rings. The van der Waals surface area contributed by atoms with Gasteiger partial charge in [0, 0.05) is 13.0 Å². The molecule has 1 unspecified atom stereocenters. The summed E-state index contributed by atoms with van der Waals surface area (Å²) in [5.74, 6) is -5.40. The van der Waals surface area contributed by atoms with Gasteiger partial charge in [0.05, 0.1) is 24.2 Å². The van der Waals surface area contributed by atoms with E-state index in [-0.39, 0.29) is 30.5 Å². The van der Waals surface area contributed by atoms with Gasteiger partial charge in [0.2, 0.25) is 11.8 Å². The van der Waals surface area contributed by atoms with Crippen molar-refractivity contribution < 1.29 is 28.0 Å². The quantitative estimate of drug-likeness (QED) is 0.564. The summed E-state index contributed by atoms with van der Waals surface area (Å²) in [4.78, 5) is 49.8. The Hall–Kier alpha value is -2.72. The van der Waals surface area contributed by atoms with Crippen molar-refractivity contribution in [1.29, 1.82) is 0 Å². The molecule has 2 heterocycles. The van der Waals surface area contributed by atoms with Crippen molar-refractivity contribution in [1.82, 2.24) is 20.9 Å². The standard InChI is InChI=1S/C18H20F2N4O4/c1-21-8-18(19,20)9-22-7-10-3-2-4-11-14(10)17(28)24(16(11)27)12-5-6-13(25)23-15(12)26/h2-4,12,21-22H,5-9H2,1H3,(H,23,25,26). The van der Waals surface area contributed by atoms with Crippen LogP contribution >= 0.6 is 0 Å². The highest BCUT2D eigenvalue weighted by Crippen LogP contribution is 2.30. The average Bonchev–Trinajstić information content (AvgIpc) is 2.87. The second-order valence-corrected chi connectivity index (χ2v) is 6.78. The first kappa shape index (κ1) is 20.0. The predicted octanol–water partition coefficient (Wildman–Crippen LogP) is 0.0321. The third-order valence-corrected chi connectivity index (χ3v) is 4.69. The summed E-state index contributed by atoms with van der Waals surface area (Å²) in [6.45, 7) is -1.13. The second kappa shape index (κ2) is 7.72. The van der Waals surface area contributed by atoms with Gasteiger partial charge in [-0.1, -0.05) is 12.1 Å². The van der Waals surface area contributed by atoms with E-state index >= 15 is 0 Å². The lowest BCUT2D eigenvalue weighted by molar-refractivity contribution is -0.136. The van der Waals surface area contributed by atoms with E-state index < -0.39 is 48.7 Å². The van der Waals surface area contributed by atoms with E-state index in [1.165, 1.54) is 13.1 Å². The Morgan fingerprint density at radius 3 is 2.61 bits per heavy atom. The minimum absolute atomic E-state index is 0.0266. The monoisotopic (exact) mass is 394 g/mol. The van der Waals surface area contributed by atoms with Crippen LogP contribution < -0.4 is 16.0 Å². The Bertz CT molecular complexity index is 843. The molecule has 8 nitrogen and oxygen atoms in total. The van der Waals surface area contributed by atoms with Gasteiger partial charge in [0.25, 0.3) is 17.7 Å². The summed E-state index contributed by atoms with van der Waals surface area (Å²) < 4.78 is 27.2. The van der Waals surface area contributed by atoms with Crippen LogP contribution in [0.3, 0.4) is 0 Å². The lowest BCUT2D eigenvalue weighted by atomic mass is 10.0. The van der Waals surface area contributed by atoms with Crippen LogP contribution in [0.2, 0.25) is 0 Å². The summed E-state index contributed by atoms with van der Waals surface area (Å²) in [6.07, 6.45) is 0.0821. The molecule has 0 spiro atoms.